The van der Waals surface area contributed by atoms with Gasteiger partial charge in [0, 0.05) is 12.0 Å². The third-order valence-corrected chi connectivity index (χ3v) is 2.25. The number of rotatable bonds is 1. The van der Waals surface area contributed by atoms with Crippen molar-refractivity contribution >= 4 is 5.97 Å². The van der Waals surface area contributed by atoms with E-state index in [0.717, 1.165) is 24.2 Å². The van der Waals surface area contributed by atoms with Gasteiger partial charge in [-0.3, -0.25) is 4.79 Å². The Bertz CT molecular complexity index is 305. The Morgan fingerprint density at radius 3 is 3.33 bits per heavy atom. The smallest absolute Gasteiger partial charge is 0.311 e. The molecule has 1 aliphatic rings. The van der Waals surface area contributed by atoms with E-state index in [1.54, 1.807) is 0 Å². The minimum atomic E-state index is -0.779. The number of aliphatic carboxylic acids is 1. The van der Waals surface area contributed by atoms with Crippen molar-refractivity contribution in [2.45, 2.75) is 25.2 Å². The van der Waals surface area contributed by atoms with Crippen molar-refractivity contribution in [2.75, 3.05) is 0 Å². The molecule has 64 valence electrons. The summed E-state index contributed by atoms with van der Waals surface area (Å²) in [6.07, 6.45) is 3.91. The van der Waals surface area contributed by atoms with Crippen LogP contribution in [0.2, 0.25) is 0 Å². The minimum absolute atomic E-state index is 0.403. The molecule has 12 heavy (non-hydrogen) atoms. The Morgan fingerprint density at radius 1 is 1.75 bits per heavy atom. The summed E-state index contributed by atoms with van der Waals surface area (Å²) >= 11 is 0. The van der Waals surface area contributed by atoms with Crippen LogP contribution in [0.1, 0.15) is 30.1 Å². The number of aromatic nitrogens is 1. The highest BCUT2D eigenvalue weighted by Gasteiger charge is 2.28. The van der Waals surface area contributed by atoms with Crippen LogP contribution in [-0.4, -0.2) is 16.2 Å². The van der Waals surface area contributed by atoms with Crippen molar-refractivity contribution in [3.63, 3.8) is 0 Å². The minimum Gasteiger partial charge on any atom is -0.481 e. The molecule has 0 saturated carbocycles. The first-order chi connectivity index (χ1) is 5.79. The van der Waals surface area contributed by atoms with Crippen LogP contribution in [0, 0.1) is 0 Å². The van der Waals surface area contributed by atoms with Gasteiger partial charge in [-0.2, -0.15) is 0 Å². The van der Waals surface area contributed by atoms with Gasteiger partial charge in [-0.25, -0.2) is 0 Å². The van der Waals surface area contributed by atoms with E-state index in [2.05, 4.69) is 5.16 Å². The van der Waals surface area contributed by atoms with Gasteiger partial charge in [0.2, 0.25) is 0 Å². The van der Waals surface area contributed by atoms with Crippen LogP contribution in [0.15, 0.2) is 10.7 Å². The molecule has 4 heteroatoms. The summed E-state index contributed by atoms with van der Waals surface area (Å²) in [5, 5.41) is 12.4. The average molecular weight is 167 g/mol. The molecule has 0 bridgehead atoms. The van der Waals surface area contributed by atoms with Gasteiger partial charge in [0.05, 0.1) is 12.1 Å². The summed E-state index contributed by atoms with van der Waals surface area (Å²) in [7, 11) is 0. The van der Waals surface area contributed by atoms with E-state index in [1.165, 1.54) is 6.20 Å². The Balaban J connectivity index is 2.37. The maximum absolute atomic E-state index is 10.7. The molecule has 1 unspecified atom stereocenters. The molecule has 0 aromatic carbocycles. The molecule has 0 fully saturated rings. The fraction of sp³-hybridized carbons (Fsp3) is 0.500. The fourth-order valence-corrected chi connectivity index (χ4v) is 1.62. The summed E-state index contributed by atoms with van der Waals surface area (Å²) in [5.41, 5.74) is 0.758. The molecule has 2 rings (SSSR count). The van der Waals surface area contributed by atoms with Crippen LogP contribution in [0.4, 0.5) is 0 Å². The van der Waals surface area contributed by atoms with Crippen molar-refractivity contribution in [1.29, 1.82) is 0 Å². The third kappa shape index (κ3) is 0.995. The summed E-state index contributed by atoms with van der Waals surface area (Å²) < 4.78 is 4.92. The van der Waals surface area contributed by atoms with E-state index in [4.69, 9.17) is 9.63 Å². The Labute approximate surface area is 69.2 Å². The molecule has 0 aliphatic heterocycles. The first-order valence-corrected chi connectivity index (χ1v) is 3.95. The fourth-order valence-electron chi connectivity index (χ4n) is 1.62. The molecule has 0 spiro atoms. The lowest BCUT2D eigenvalue weighted by Crippen LogP contribution is -2.16. The molecule has 0 radical (unpaired) electrons. The first-order valence-electron chi connectivity index (χ1n) is 3.95. The standard InChI is InChI=1S/C8H9NO3/c10-8(11)5-2-1-3-7-6(5)4-9-12-7/h4-5H,1-3H2,(H,10,11). The van der Waals surface area contributed by atoms with Gasteiger partial charge in [0.1, 0.15) is 5.76 Å². The molecule has 1 N–H and O–H groups in total. The van der Waals surface area contributed by atoms with Crippen LogP contribution in [-0.2, 0) is 11.2 Å². The van der Waals surface area contributed by atoms with Gasteiger partial charge in [-0.05, 0) is 12.8 Å². The summed E-state index contributed by atoms with van der Waals surface area (Å²) in [6, 6.07) is 0. The predicted octanol–water partition coefficient (Wildman–Crippen LogP) is 1.18. The van der Waals surface area contributed by atoms with Gasteiger partial charge < -0.3 is 9.63 Å². The van der Waals surface area contributed by atoms with Gasteiger partial charge in [0.15, 0.2) is 0 Å². The molecular weight excluding hydrogens is 158 g/mol. The SMILES string of the molecule is O=C(O)C1CCCc2oncc21. The Kier molecular flexibility index (Phi) is 1.60. The number of fused-ring (bicyclic) bond motifs is 1. The summed E-state index contributed by atoms with van der Waals surface area (Å²) in [5.74, 6) is -0.437. The number of carbonyl (C=O) groups is 1. The molecule has 0 saturated heterocycles. The molecule has 4 nitrogen and oxygen atoms in total. The summed E-state index contributed by atoms with van der Waals surface area (Å²) in [6.45, 7) is 0. The van der Waals surface area contributed by atoms with Crippen LogP contribution in [0.25, 0.3) is 0 Å². The second-order valence-electron chi connectivity index (χ2n) is 2.99. The van der Waals surface area contributed by atoms with Crippen molar-refractivity contribution in [3.8, 4) is 0 Å². The zero-order valence-electron chi connectivity index (χ0n) is 6.49. The van der Waals surface area contributed by atoms with Crippen molar-refractivity contribution in [3.05, 3.63) is 17.5 Å². The van der Waals surface area contributed by atoms with E-state index >= 15 is 0 Å². The normalized spacial score (nSPS) is 21.8. The van der Waals surface area contributed by atoms with Crippen LogP contribution in [0.3, 0.4) is 0 Å². The largest absolute Gasteiger partial charge is 0.481 e. The average Bonchev–Trinajstić information content (AvgIpc) is 2.49. The van der Waals surface area contributed by atoms with Gasteiger partial charge >= 0.3 is 5.97 Å². The number of hydrogen-bond donors (Lipinski definition) is 1. The molecule has 0 amide bonds. The second kappa shape index (κ2) is 2.62. The Hall–Kier alpha value is -1.32. The molecular formula is C8H9NO3. The first kappa shape index (κ1) is 7.34. The van der Waals surface area contributed by atoms with E-state index in [0.29, 0.717) is 6.42 Å². The number of carboxylic acid groups (broad SMARTS) is 1. The molecule has 1 heterocycles. The zero-order valence-corrected chi connectivity index (χ0v) is 6.49. The van der Waals surface area contributed by atoms with Crippen LogP contribution >= 0.6 is 0 Å². The highest BCUT2D eigenvalue weighted by molar-refractivity contribution is 5.76. The number of nitrogens with zero attached hydrogens (tertiary/aromatic N) is 1. The monoisotopic (exact) mass is 167 g/mol. The van der Waals surface area contributed by atoms with Crippen molar-refractivity contribution in [2.24, 2.45) is 0 Å². The maximum Gasteiger partial charge on any atom is 0.311 e. The number of hydrogen-bond acceptors (Lipinski definition) is 3. The highest BCUT2D eigenvalue weighted by atomic mass is 16.5. The molecule has 1 aromatic rings. The number of carboxylic acids is 1. The quantitative estimate of drug-likeness (QED) is 0.682. The van der Waals surface area contributed by atoms with Crippen LogP contribution < -0.4 is 0 Å². The van der Waals surface area contributed by atoms with Crippen molar-refractivity contribution in [1.82, 2.24) is 5.16 Å². The van der Waals surface area contributed by atoms with E-state index < -0.39 is 11.9 Å². The van der Waals surface area contributed by atoms with Gasteiger partial charge in [0.25, 0.3) is 0 Å². The lowest BCUT2D eigenvalue weighted by molar-refractivity contribution is -0.139. The van der Waals surface area contributed by atoms with E-state index in [-0.39, 0.29) is 0 Å². The summed E-state index contributed by atoms with van der Waals surface area (Å²) in [4.78, 5) is 10.7. The van der Waals surface area contributed by atoms with Crippen molar-refractivity contribution < 1.29 is 14.4 Å². The predicted molar refractivity (Wildman–Crippen MR) is 39.8 cm³/mol. The van der Waals surface area contributed by atoms with E-state index in [1.807, 2.05) is 0 Å². The molecule has 1 aliphatic carbocycles. The lowest BCUT2D eigenvalue weighted by Gasteiger charge is -2.15. The topological polar surface area (TPSA) is 63.3 Å². The number of aryl methyl sites for hydroxylation is 1. The molecule has 1 aromatic heterocycles. The molecule has 1 atom stereocenters. The Morgan fingerprint density at radius 2 is 2.58 bits per heavy atom. The van der Waals surface area contributed by atoms with Gasteiger partial charge in [-0.1, -0.05) is 5.16 Å². The lowest BCUT2D eigenvalue weighted by atomic mass is 9.88. The van der Waals surface area contributed by atoms with E-state index in [9.17, 15) is 4.79 Å². The van der Waals surface area contributed by atoms with Crippen LogP contribution in [0.5, 0.6) is 0 Å². The maximum atomic E-state index is 10.7. The second-order valence-corrected chi connectivity index (χ2v) is 2.99. The highest BCUT2D eigenvalue weighted by Crippen LogP contribution is 2.31. The zero-order chi connectivity index (χ0) is 8.55. The third-order valence-electron chi connectivity index (χ3n) is 2.25. The van der Waals surface area contributed by atoms with Gasteiger partial charge in [-0.15, -0.1) is 0 Å².